The summed E-state index contributed by atoms with van der Waals surface area (Å²) < 4.78 is 0. The Labute approximate surface area is 68.1 Å². The van der Waals surface area contributed by atoms with E-state index in [1.807, 2.05) is 0 Å². The molecule has 10 heavy (non-hydrogen) atoms. The summed E-state index contributed by atoms with van der Waals surface area (Å²) in [6.45, 7) is 1.40. The molecule has 3 nitrogen and oxygen atoms in total. The molecule has 0 bridgehead atoms. The Bertz CT molecular complexity index is 140. The number of rotatable bonds is 1. The summed E-state index contributed by atoms with van der Waals surface area (Å²) in [5.41, 5.74) is 0. The third-order valence-corrected chi connectivity index (χ3v) is 2.69. The van der Waals surface area contributed by atoms with Crippen LogP contribution in [0.4, 0.5) is 4.79 Å². The van der Waals surface area contributed by atoms with E-state index in [2.05, 4.69) is 15.9 Å². The van der Waals surface area contributed by atoms with Crippen molar-refractivity contribution in [1.29, 1.82) is 0 Å². The highest BCUT2D eigenvalue weighted by Gasteiger charge is 2.24. The van der Waals surface area contributed by atoms with E-state index in [9.17, 15) is 4.79 Å². The van der Waals surface area contributed by atoms with Gasteiger partial charge in [-0.2, -0.15) is 0 Å². The van der Waals surface area contributed by atoms with Crippen molar-refractivity contribution in [3.05, 3.63) is 0 Å². The van der Waals surface area contributed by atoms with Crippen molar-refractivity contribution in [3.63, 3.8) is 0 Å². The molecule has 0 aromatic rings. The lowest BCUT2D eigenvalue weighted by atomic mass is 10.2. The van der Waals surface area contributed by atoms with E-state index < -0.39 is 6.09 Å². The van der Waals surface area contributed by atoms with Gasteiger partial charge in [0.25, 0.3) is 0 Å². The van der Waals surface area contributed by atoms with Crippen LogP contribution in [-0.4, -0.2) is 34.5 Å². The fourth-order valence-corrected chi connectivity index (χ4v) is 1.66. The van der Waals surface area contributed by atoms with Gasteiger partial charge in [-0.1, -0.05) is 15.9 Å². The van der Waals surface area contributed by atoms with Crippen molar-refractivity contribution < 1.29 is 9.90 Å². The van der Waals surface area contributed by atoms with Crippen LogP contribution in [0.1, 0.15) is 6.42 Å². The minimum atomic E-state index is -0.788. The van der Waals surface area contributed by atoms with Crippen LogP contribution in [0.15, 0.2) is 0 Å². The van der Waals surface area contributed by atoms with Crippen LogP contribution in [0, 0.1) is 5.92 Å². The Morgan fingerprint density at radius 1 is 1.80 bits per heavy atom. The predicted molar refractivity (Wildman–Crippen MR) is 41.5 cm³/mol. The Morgan fingerprint density at radius 3 is 2.80 bits per heavy atom. The van der Waals surface area contributed by atoms with E-state index in [4.69, 9.17) is 5.11 Å². The number of hydrogen-bond donors (Lipinski definition) is 1. The van der Waals surface area contributed by atoms with Gasteiger partial charge in [0, 0.05) is 18.4 Å². The number of halogens is 1. The highest BCUT2D eigenvalue weighted by molar-refractivity contribution is 9.09. The van der Waals surface area contributed by atoms with Crippen LogP contribution in [0.25, 0.3) is 0 Å². The van der Waals surface area contributed by atoms with Gasteiger partial charge in [0.05, 0.1) is 0 Å². The van der Waals surface area contributed by atoms with E-state index in [1.165, 1.54) is 4.90 Å². The van der Waals surface area contributed by atoms with Gasteiger partial charge in [-0.25, -0.2) is 4.79 Å². The molecule has 4 heteroatoms. The Balaban J connectivity index is 2.35. The smallest absolute Gasteiger partial charge is 0.407 e. The van der Waals surface area contributed by atoms with Crippen LogP contribution in [0.2, 0.25) is 0 Å². The topological polar surface area (TPSA) is 40.5 Å². The maximum Gasteiger partial charge on any atom is 0.407 e. The maximum atomic E-state index is 10.4. The van der Waals surface area contributed by atoms with Crippen LogP contribution in [-0.2, 0) is 0 Å². The molecule has 0 spiro atoms. The van der Waals surface area contributed by atoms with Crippen molar-refractivity contribution in [2.75, 3.05) is 18.4 Å². The summed E-state index contributed by atoms with van der Waals surface area (Å²) >= 11 is 3.33. The normalized spacial score (nSPS) is 25.3. The molecule has 1 saturated heterocycles. The van der Waals surface area contributed by atoms with Gasteiger partial charge < -0.3 is 10.0 Å². The molecule has 1 N–H and O–H groups in total. The molecule has 0 aromatic heterocycles. The molecule has 58 valence electrons. The van der Waals surface area contributed by atoms with E-state index in [0.717, 1.165) is 11.8 Å². The summed E-state index contributed by atoms with van der Waals surface area (Å²) in [7, 11) is 0. The quantitative estimate of drug-likeness (QED) is 0.661. The summed E-state index contributed by atoms with van der Waals surface area (Å²) in [5.74, 6) is 0.524. The first-order chi connectivity index (χ1) is 4.74. The van der Waals surface area contributed by atoms with Gasteiger partial charge in [-0.05, 0) is 12.3 Å². The van der Waals surface area contributed by atoms with Gasteiger partial charge in [-0.3, -0.25) is 0 Å². The minimum absolute atomic E-state index is 0.524. The number of carboxylic acid groups (broad SMARTS) is 1. The summed E-state index contributed by atoms with van der Waals surface area (Å²) in [4.78, 5) is 11.8. The first kappa shape index (κ1) is 7.85. The number of alkyl halides is 1. The minimum Gasteiger partial charge on any atom is -0.465 e. The highest BCUT2D eigenvalue weighted by Crippen LogP contribution is 2.17. The number of carbonyl (C=O) groups is 1. The Morgan fingerprint density at radius 2 is 2.50 bits per heavy atom. The fourth-order valence-electron chi connectivity index (χ4n) is 1.13. The SMILES string of the molecule is O=C(O)N1CCC(CBr)C1. The predicted octanol–water partition coefficient (Wildman–Crippen LogP) is 1.38. The Hall–Kier alpha value is -0.250. The maximum absolute atomic E-state index is 10.4. The first-order valence-corrected chi connectivity index (χ1v) is 4.40. The number of amides is 1. The van der Waals surface area contributed by atoms with E-state index >= 15 is 0 Å². The molecule has 1 fully saturated rings. The second-order valence-electron chi connectivity index (χ2n) is 2.54. The lowest BCUT2D eigenvalue weighted by molar-refractivity contribution is 0.154. The van der Waals surface area contributed by atoms with Crippen LogP contribution < -0.4 is 0 Å². The summed E-state index contributed by atoms with van der Waals surface area (Å²) in [6.07, 6.45) is 0.209. The van der Waals surface area contributed by atoms with Crippen LogP contribution in [0.3, 0.4) is 0 Å². The third kappa shape index (κ3) is 1.62. The van der Waals surface area contributed by atoms with Crippen LogP contribution >= 0.6 is 15.9 Å². The molecule has 0 aromatic carbocycles. The van der Waals surface area contributed by atoms with Gasteiger partial charge >= 0.3 is 6.09 Å². The average Bonchev–Trinajstić information content (AvgIpc) is 2.34. The van der Waals surface area contributed by atoms with E-state index in [1.54, 1.807) is 0 Å². The zero-order valence-electron chi connectivity index (χ0n) is 5.59. The number of likely N-dealkylation sites (tertiary alicyclic amines) is 1. The zero-order chi connectivity index (χ0) is 7.56. The molecule has 1 rings (SSSR count). The van der Waals surface area contributed by atoms with E-state index in [0.29, 0.717) is 19.0 Å². The van der Waals surface area contributed by atoms with Crippen molar-refractivity contribution >= 4 is 22.0 Å². The second-order valence-corrected chi connectivity index (χ2v) is 3.19. The molecule has 1 unspecified atom stereocenters. The van der Waals surface area contributed by atoms with Gasteiger partial charge in [0.15, 0.2) is 0 Å². The molecule has 1 aliphatic heterocycles. The molecular formula is C6H10BrNO2. The highest BCUT2D eigenvalue weighted by atomic mass is 79.9. The van der Waals surface area contributed by atoms with Gasteiger partial charge in [0.1, 0.15) is 0 Å². The van der Waals surface area contributed by atoms with Crippen molar-refractivity contribution in [2.45, 2.75) is 6.42 Å². The zero-order valence-corrected chi connectivity index (χ0v) is 7.17. The summed E-state index contributed by atoms with van der Waals surface area (Å²) in [5, 5.41) is 9.45. The first-order valence-electron chi connectivity index (χ1n) is 3.28. The molecule has 1 amide bonds. The van der Waals surface area contributed by atoms with Crippen molar-refractivity contribution in [1.82, 2.24) is 4.90 Å². The van der Waals surface area contributed by atoms with E-state index in [-0.39, 0.29) is 0 Å². The second kappa shape index (κ2) is 3.23. The fraction of sp³-hybridized carbons (Fsp3) is 0.833. The van der Waals surface area contributed by atoms with Gasteiger partial charge in [0.2, 0.25) is 0 Å². The van der Waals surface area contributed by atoms with Crippen LogP contribution in [0.5, 0.6) is 0 Å². The lowest BCUT2D eigenvalue weighted by Crippen LogP contribution is -2.26. The molecule has 1 atom stereocenters. The third-order valence-electron chi connectivity index (χ3n) is 1.77. The largest absolute Gasteiger partial charge is 0.465 e. The number of nitrogens with zero attached hydrogens (tertiary/aromatic N) is 1. The molecule has 0 saturated carbocycles. The average molecular weight is 208 g/mol. The van der Waals surface area contributed by atoms with Gasteiger partial charge in [-0.15, -0.1) is 0 Å². The summed E-state index contributed by atoms with van der Waals surface area (Å²) in [6, 6.07) is 0. The van der Waals surface area contributed by atoms with Crippen molar-refractivity contribution in [2.24, 2.45) is 5.92 Å². The number of hydrogen-bond acceptors (Lipinski definition) is 1. The molecular weight excluding hydrogens is 198 g/mol. The lowest BCUT2D eigenvalue weighted by Gasteiger charge is -2.09. The molecule has 0 aliphatic carbocycles. The molecule has 1 aliphatic rings. The monoisotopic (exact) mass is 207 g/mol. The Kier molecular flexibility index (Phi) is 2.54. The standard InChI is InChI=1S/C6H10BrNO2/c7-3-5-1-2-8(4-5)6(9)10/h5H,1-4H2,(H,9,10). The van der Waals surface area contributed by atoms with Crippen molar-refractivity contribution in [3.8, 4) is 0 Å². The molecule has 0 radical (unpaired) electrons. The molecule has 1 heterocycles.